The van der Waals surface area contributed by atoms with Gasteiger partial charge in [0.1, 0.15) is 11.7 Å². The third-order valence-corrected chi connectivity index (χ3v) is 3.46. The topological polar surface area (TPSA) is 78.4 Å². The highest BCUT2D eigenvalue weighted by Crippen LogP contribution is 2.30. The minimum absolute atomic E-state index is 0.00928. The lowest BCUT2D eigenvalue weighted by Crippen LogP contribution is -2.13. The van der Waals surface area contributed by atoms with Crippen LogP contribution in [0.15, 0.2) is 64.1 Å². The van der Waals surface area contributed by atoms with Gasteiger partial charge in [-0.25, -0.2) is 0 Å². The Morgan fingerprint density at radius 3 is 2.58 bits per heavy atom. The van der Waals surface area contributed by atoms with Crippen LogP contribution in [0.5, 0.6) is 0 Å². The molecule has 1 aromatic heterocycles. The number of alkyl halides is 3. The fraction of sp³-hybridized carbons (Fsp3) is 0.0556. The summed E-state index contributed by atoms with van der Waals surface area (Å²) in [6.07, 6.45) is -4.51. The van der Waals surface area contributed by atoms with E-state index in [2.05, 4.69) is 10.5 Å². The van der Waals surface area contributed by atoms with Gasteiger partial charge in [-0.2, -0.15) is 23.5 Å². The number of halogens is 3. The molecule has 0 aliphatic heterocycles. The highest BCUT2D eigenvalue weighted by Gasteiger charge is 2.30. The summed E-state index contributed by atoms with van der Waals surface area (Å²) in [5.74, 6) is -0.861. The largest absolute Gasteiger partial charge is 0.452 e. The second-order valence-electron chi connectivity index (χ2n) is 5.24. The van der Waals surface area contributed by atoms with Gasteiger partial charge in [0.2, 0.25) is 5.71 Å². The van der Waals surface area contributed by atoms with Gasteiger partial charge in [-0.15, -0.1) is 0 Å². The number of hydrogen-bond donors (Lipinski definition) is 1. The number of carbonyl (C=O) groups excluding carboxylic acids is 1. The minimum Gasteiger partial charge on any atom is -0.452 e. The number of para-hydroxylation sites is 1. The quantitative estimate of drug-likeness (QED) is 0.420. The van der Waals surface area contributed by atoms with Crippen LogP contribution in [0.2, 0.25) is 0 Å². The smallest absolute Gasteiger partial charge is 0.416 e. The first kappa shape index (κ1) is 17.2. The van der Waals surface area contributed by atoms with Gasteiger partial charge >= 0.3 is 6.18 Å². The van der Waals surface area contributed by atoms with Gasteiger partial charge in [0.15, 0.2) is 5.76 Å². The molecule has 0 aliphatic carbocycles. The van der Waals surface area contributed by atoms with Gasteiger partial charge in [-0.1, -0.05) is 24.3 Å². The number of benzene rings is 2. The SMILES string of the molecule is N#C/C(=N\Nc1cccc(C(F)(F)F)c1)C(=O)c1cc2ccccc2o1. The van der Waals surface area contributed by atoms with E-state index >= 15 is 0 Å². The van der Waals surface area contributed by atoms with Crippen molar-refractivity contribution in [2.75, 3.05) is 5.43 Å². The van der Waals surface area contributed by atoms with Crippen molar-refractivity contribution in [2.45, 2.75) is 6.18 Å². The molecule has 3 rings (SSSR count). The number of ketones is 1. The molecule has 0 saturated heterocycles. The standard InChI is InChI=1S/C18H10F3N3O2/c19-18(20,21)12-5-3-6-13(9-12)23-24-14(10-22)17(25)16-8-11-4-1-2-7-15(11)26-16/h1-9,23H/b24-14+. The van der Waals surface area contributed by atoms with Crippen LogP contribution in [0.4, 0.5) is 18.9 Å². The Bertz CT molecular complexity index is 1010. The van der Waals surface area contributed by atoms with Gasteiger partial charge in [-0.05, 0) is 30.3 Å². The van der Waals surface area contributed by atoms with Crippen molar-refractivity contribution < 1.29 is 22.4 Å². The molecule has 5 nitrogen and oxygen atoms in total. The molecule has 8 heteroatoms. The molecule has 1 heterocycles. The average Bonchev–Trinajstić information content (AvgIpc) is 3.06. The summed E-state index contributed by atoms with van der Waals surface area (Å²) in [5, 5.41) is 13.4. The molecule has 0 saturated carbocycles. The molecular weight excluding hydrogens is 347 g/mol. The maximum absolute atomic E-state index is 12.7. The van der Waals surface area contributed by atoms with E-state index in [1.54, 1.807) is 30.3 Å². The number of anilines is 1. The molecule has 0 atom stereocenters. The fourth-order valence-electron chi connectivity index (χ4n) is 2.22. The van der Waals surface area contributed by atoms with E-state index in [0.717, 1.165) is 12.1 Å². The van der Waals surface area contributed by atoms with Crippen LogP contribution in [0.3, 0.4) is 0 Å². The number of carbonyl (C=O) groups is 1. The monoisotopic (exact) mass is 357 g/mol. The Labute approximate surface area is 145 Å². The number of fused-ring (bicyclic) bond motifs is 1. The summed E-state index contributed by atoms with van der Waals surface area (Å²) in [4.78, 5) is 12.3. The number of hydrazone groups is 1. The summed E-state index contributed by atoms with van der Waals surface area (Å²) in [6, 6.07) is 14.2. The Morgan fingerprint density at radius 1 is 1.12 bits per heavy atom. The van der Waals surface area contributed by atoms with Crippen molar-refractivity contribution in [1.29, 1.82) is 5.26 Å². The van der Waals surface area contributed by atoms with Gasteiger partial charge in [-0.3, -0.25) is 10.2 Å². The first-order valence-electron chi connectivity index (χ1n) is 7.33. The Kier molecular flexibility index (Phi) is 4.45. The van der Waals surface area contributed by atoms with Crippen molar-refractivity contribution >= 4 is 28.2 Å². The Morgan fingerprint density at radius 2 is 1.88 bits per heavy atom. The summed E-state index contributed by atoms with van der Waals surface area (Å²) in [6.45, 7) is 0. The molecule has 0 amide bonds. The van der Waals surface area contributed by atoms with Crippen LogP contribution in [0, 0.1) is 11.3 Å². The second kappa shape index (κ2) is 6.72. The molecule has 0 unspecified atom stereocenters. The van der Waals surface area contributed by atoms with Crippen LogP contribution in [-0.2, 0) is 6.18 Å². The Hall–Kier alpha value is -3.60. The van der Waals surface area contributed by atoms with Gasteiger partial charge < -0.3 is 4.42 Å². The number of nitriles is 1. The zero-order valence-corrected chi connectivity index (χ0v) is 13.0. The molecule has 2 aromatic carbocycles. The Balaban J connectivity index is 1.84. The van der Waals surface area contributed by atoms with Crippen LogP contribution in [0.1, 0.15) is 16.1 Å². The highest BCUT2D eigenvalue weighted by molar-refractivity contribution is 6.51. The summed E-state index contributed by atoms with van der Waals surface area (Å²) < 4.78 is 43.5. The number of Topliss-reactive ketones (excluding diaryl/α,β-unsaturated/α-hetero) is 1. The second-order valence-corrected chi connectivity index (χ2v) is 5.24. The molecule has 1 N–H and O–H groups in total. The first-order chi connectivity index (χ1) is 12.4. The highest BCUT2D eigenvalue weighted by atomic mass is 19.4. The van der Waals surface area contributed by atoms with E-state index in [9.17, 15) is 18.0 Å². The van der Waals surface area contributed by atoms with Crippen molar-refractivity contribution in [3.8, 4) is 6.07 Å². The zero-order chi connectivity index (χ0) is 18.7. The van der Waals surface area contributed by atoms with Crippen molar-refractivity contribution in [1.82, 2.24) is 0 Å². The lowest BCUT2D eigenvalue weighted by atomic mass is 10.2. The molecule has 0 bridgehead atoms. The van der Waals surface area contributed by atoms with E-state index in [-0.39, 0.29) is 11.4 Å². The number of furan rings is 1. The zero-order valence-electron chi connectivity index (χ0n) is 13.0. The molecule has 0 radical (unpaired) electrons. The van der Waals surface area contributed by atoms with E-state index < -0.39 is 23.2 Å². The van der Waals surface area contributed by atoms with Crippen molar-refractivity contribution in [3.63, 3.8) is 0 Å². The van der Waals surface area contributed by atoms with Gasteiger partial charge in [0.05, 0.1) is 11.3 Å². The normalized spacial score (nSPS) is 12.0. The third-order valence-electron chi connectivity index (χ3n) is 3.46. The summed E-state index contributed by atoms with van der Waals surface area (Å²) in [5.41, 5.74) is 1.34. The van der Waals surface area contributed by atoms with E-state index in [1.807, 2.05) is 0 Å². The number of rotatable bonds is 4. The van der Waals surface area contributed by atoms with Crippen molar-refractivity contribution in [3.05, 3.63) is 65.9 Å². The fourth-order valence-corrected chi connectivity index (χ4v) is 2.22. The number of nitrogens with zero attached hydrogens (tertiary/aromatic N) is 2. The van der Waals surface area contributed by atoms with Crippen LogP contribution >= 0.6 is 0 Å². The van der Waals surface area contributed by atoms with Crippen LogP contribution < -0.4 is 5.43 Å². The predicted octanol–water partition coefficient (Wildman–Crippen LogP) is 4.63. The van der Waals surface area contributed by atoms with E-state index in [0.29, 0.717) is 11.0 Å². The van der Waals surface area contributed by atoms with Crippen LogP contribution in [-0.4, -0.2) is 11.5 Å². The maximum atomic E-state index is 12.7. The molecule has 0 spiro atoms. The lowest BCUT2D eigenvalue weighted by molar-refractivity contribution is -0.137. The molecule has 3 aromatic rings. The number of hydrogen-bond acceptors (Lipinski definition) is 5. The van der Waals surface area contributed by atoms with E-state index in [1.165, 1.54) is 18.2 Å². The van der Waals surface area contributed by atoms with Gasteiger partial charge in [0.25, 0.3) is 5.78 Å². The molecule has 130 valence electrons. The summed E-state index contributed by atoms with van der Waals surface area (Å²) >= 11 is 0. The predicted molar refractivity (Wildman–Crippen MR) is 88.7 cm³/mol. The first-order valence-corrected chi connectivity index (χ1v) is 7.33. The maximum Gasteiger partial charge on any atom is 0.416 e. The number of nitrogens with one attached hydrogen (secondary N) is 1. The minimum atomic E-state index is -4.51. The van der Waals surface area contributed by atoms with Crippen LogP contribution in [0.25, 0.3) is 11.0 Å². The summed E-state index contributed by atoms with van der Waals surface area (Å²) in [7, 11) is 0. The van der Waals surface area contributed by atoms with E-state index in [4.69, 9.17) is 9.68 Å². The van der Waals surface area contributed by atoms with Crippen molar-refractivity contribution in [2.24, 2.45) is 5.10 Å². The average molecular weight is 357 g/mol. The molecule has 26 heavy (non-hydrogen) atoms. The lowest BCUT2D eigenvalue weighted by Gasteiger charge is -2.08. The molecular formula is C18H10F3N3O2. The third kappa shape index (κ3) is 3.57. The molecule has 0 fully saturated rings. The van der Waals surface area contributed by atoms with Gasteiger partial charge in [0, 0.05) is 5.39 Å². The molecule has 0 aliphatic rings.